The summed E-state index contributed by atoms with van der Waals surface area (Å²) in [4.78, 5) is 27.7. The molecule has 1 saturated heterocycles. The fourth-order valence-electron chi connectivity index (χ4n) is 1.85. The van der Waals surface area contributed by atoms with Crippen molar-refractivity contribution < 1.29 is 19.8 Å². The van der Waals surface area contributed by atoms with Gasteiger partial charge in [0.15, 0.2) is 0 Å². The summed E-state index contributed by atoms with van der Waals surface area (Å²) >= 11 is 0. The van der Waals surface area contributed by atoms with Gasteiger partial charge in [-0.05, 0) is 0 Å². The lowest BCUT2D eigenvalue weighted by atomic mass is 10.2. The van der Waals surface area contributed by atoms with E-state index in [1.165, 1.54) is 11.0 Å². The molecule has 0 radical (unpaired) electrons. The van der Waals surface area contributed by atoms with Gasteiger partial charge in [-0.25, -0.2) is 14.3 Å². The number of anilines is 1. The number of aromatic nitrogens is 3. The standard InChI is InChI=1S/C9H13N5O4/c1-13-8(10-4-11-13)12-9(18)14-3-5(15)2-6(14)7(16)17/h4-6,15H,2-3H2,1H3,(H,16,17)(H,10,11,12,18)/t5?,6-/m0/s1. The number of hydrogen-bond donors (Lipinski definition) is 3. The number of rotatable bonds is 2. The number of carbonyl (C=O) groups is 2. The average Bonchev–Trinajstić information content (AvgIpc) is 2.86. The Morgan fingerprint density at radius 1 is 1.56 bits per heavy atom. The molecular formula is C9H13N5O4. The number of aryl methyl sites for hydroxylation is 1. The molecule has 1 aromatic heterocycles. The van der Waals surface area contributed by atoms with Gasteiger partial charge in [-0.3, -0.25) is 5.32 Å². The van der Waals surface area contributed by atoms with Crippen LogP contribution < -0.4 is 5.32 Å². The summed E-state index contributed by atoms with van der Waals surface area (Å²) in [7, 11) is 1.59. The number of aliphatic hydroxyl groups is 1. The lowest BCUT2D eigenvalue weighted by Crippen LogP contribution is -2.43. The fraction of sp³-hybridized carbons (Fsp3) is 0.556. The third-order valence-corrected chi connectivity index (χ3v) is 2.76. The first kappa shape index (κ1) is 12.3. The van der Waals surface area contributed by atoms with E-state index in [4.69, 9.17) is 5.11 Å². The number of carboxylic acid groups (broad SMARTS) is 1. The SMILES string of the molecule is Cn1ncnc1NC(=O)N1CC(O)C[C@H]1C(=O)O. The van der Waals surface area contributed by atoms with Crippen molar-refractivity contribution >= 4 is 17.9 Å². The molecule has 9 heteroatoms. The van der Waals surface area contributed by atoms with Gasteiger partial charge >= 0.3 is 12.0 Å². The number of likely N-dealkylation sites (tertiary alicyclic amines) is 1. The second kappa shape index (κ2) is 4.61. The first-order valence-electron chi connectivity index (χ1n) is 5.31. The summed E-state index contributed by atoms with van der Waals surface area (Å²) in [6, 6.07) is -1.64. The van der Waals surface area contributed by atoms with Crippen molar-refractivity contribution in [2.75, 3.05) is 11.9 Å². The molecule has 0 aromatic carbocycles. The molecule has 1 aliphatic rings. The quantitative estimate of drug-likeness (QED) is 0.614. The van der Waals surface area contributed by atoms with Crippen molar-refractivity contribution in [3.8, 4) is 0 Å². The summed E-state index contributed by atoms with van der Waals surface area (Å²) in [6.45, 7) is -0.0132. The Bertz CT molecular complexity index is 473. The molecule has 1 unspecified atom stereocenters. The van der Waals surface area contributed by atoms with Gasteiger partial charge in [0.05, 0.1) is 6.10 Å². The van der Waals surface area contributed by atoms with Gasteiger partial charge in [0, 0.05) is 20.0 Å². The van der Waals surface area contributed by atoms with Crippen molar-refractivity contribution in [1.29, 1.82) is 0 Å². The van der Waals surface area contributed by atoms with Crippen LogP contribution in [0.4, 0.5) is 10.7 Å². The zero-order valence-electron chi connectivity index (χ0n) is 9.65. The Labute approximate surface area is 102 Å². The molecule has 2 rings (SSSR count). The molecule has 98 valence electrons. The maximum Gasteiger partial charge on any atom is 0.326 e. The highest BCUT2D eigenvalue weighted by molar-refractivity contribution is 5.91. The number of nitrogens with one attached hydrogen (secondary N) is 1. The van der Waals surface area contributed by atoms with Gasteiger partial charge in [-0.1, -0.05) is 0 Å². The van der Waals surface area contributed by atoms with Gasteiger partial charge < -0.3 is 15.1 Å². The van der Waals surface area contributed by atoms with Crippen LogP contribution in [0.1, 0.15) is 6.42 Å². The number of amides is 2. The predicted octanol–water partition coefficient (Wildman–Crippen LogP) is -1.13. The Morgan fingerprint density at radius 3 is 2.83 bits per heavy atom. The number of aliphatic hydroxyl groups excluding tert-OH is 1. The van der Waals surface area contributed by atoms with E-state index < -0.39 is 24.1 Å². The van der Waals surface area contributed by atoms with Gasteiger partial charge in [-0.15, -0.1) is 0 Å². The molecule has 1 fully saturated rings. The number of β-amino-alcohol motifs (C(OH)–C–C–N with tert-alkyl or cyclic N) is 1. The van der Waals surface area contributed by atoms with E-state index >= 15 is 0 Å². The second-order valence-electron chi connectivity index (χ2n) is 4.03. The van der Waals surface area contributed by atoms with Crippen LogP contribution in [-0.2, 0) is 11.8 Å². The molecule has 0 bridgehead atoms. The Morgan fingerprint density at radius 2 is 2.28 bits per heavy atom. The third-order valence-electron chi connectivity index (χ3n) is 2.76. The van der Waals surface area contributed by atoms with Crippen LogP contribution in [-0.4, -0.2) is 60.6 Å². The third kappa shape index (κ3) is 2.25. The minimum absolute atomic E-state index is 0.0132. The molecule has 0 aliphatic carbocycles. The smallest absolute Gasteiger partial charge is 0.326 e. The van der Waals surface area contributed by atoms with Crippen molar-refractivity contribution in [3.63, 3.8) is 0 Å². The van der Waals surface area contributed by atoms with Crippen LogP contribution in [0.25, 0.3) is 0 Å². The molecule has 1 aliphatic heterocycles. The second-order valence-corrected chi connectivity index (χ2v) is 4.03. The van der Waals surface area contributed by atoms with Crippen LogP contribution in [0, 0.1) is 0 Å². The lowest BCUT2D eigenvalue weighted by Gasteiger charge is -2.20. The summed E-state index contributed by atoms with van der Waals surface area (Å²) in [5, 5.41) is 24.6. The highest BCUT2D eigenvalue weighted by Gasteiger charge is 2.39. The maximum atomic E-state index is 11.9. The largest absolute Gasteiger partial charge is 0.480 e. The van der Waals surface area contributed by atoms with Gasteiger partial charge in [-0.2, -0.15) is 10.1 Å². The van der Waals surface area contributed by atoms with E-state index in [9.17, 15) is 14.7 Å². The summed E-state index contributed by atoms with van der Waals surface area (Å²) in [5.41, 5.74) is 0. The summed E-state index contributed by atoms with van der Waals surface area (Å²) in [5.74, 6) is -0.926. The monoisotopic (exact) mass is 255 g/mol. The minimum Gasteiger partial charge on any atom is -0.480 e. The molecule has 9 nitrogen and oxygen atoms in total. The molecule has 0 spiro atoms. The Kier molecular flexibility index (Phi) is 3.15. The normalized spacial score (nSPS) is 23.1. The topological polar surface area (TPSA) is 121 Å². The van der Waals surface area contributed by atoms with Crippen molar-refractivity contribution in [2.45, 2.75) is 18.6 Å². The van der Waals surface area contributed by atoms with Crippen LogP contribution in [0.3, 0.4) is 0 Å². The number of aliphatic carboxylic acids is 1. The fourth-order valence-corrected chi connectivity index (χ4v) is 1.85. The number of carbonyl (C=O) groups excluding carboxylic acids is 1. The van der Waals surface area contributed by atoms with Crippen LogP contribution in [0.5, 0.6) is 0 Å². The van der Waals surface area contributed by atoms with Crippen molar-refractivity contribution in [3.05, 3.63) is 6.33 Å². The molecule has 3 N–H and O–H groups in total. The van der Waals surface area contributed by atoms with Crippen molar-refractivity contribution in [2.24, 2.45) is 7.05 Å². The molecule has 2 atom stereocenters. The predicted molar refractivity (Wildman–Crippen MR) is 58.8 cm³/mol. The van der Waals surface area contributed by atoms with Gasteiger partial charge in [0.1, 0.15) is 12.4 Å². The average molecular weight is 255 g/mol. The highest BCUT2D eigenvalue weighted by Crippen LogP contribution is 2.19. The van der Waals surface area contributed by atoms with Crippen LogP contribution in [0.15, 0.2) is 6.33 Å². The molecular weight excluding hydrogens is 242 g/mol. The lowest BCUT2D eigenvalue weighted by molar-refractivity contribution is -0.141. The Balaban J connectivity index is 2.09. The first-order chi connectivity index (χ1) is 8.49. The van der Waals surface area contributed by atoms with E-state index in [1.807, 2.05) is 0 Å². The summed E-state index contributed by atoms with van der Waals surface area (Å²) in [6.07, 6.45) is 0.473. The van der Waals surface area contributed by atoms with E-state index in [1.54, 1.807) is 7.05 Å². The Hall–Kier alpha value is -2.16. The van der Waals surface area contributed by atoms with E-state index in [2.05, 4.69) is 15.4 Å². The number of hydrogen-bond acceptors (Lipinski definition) is 5. The maximum absolute atomic E-state index is 11.9. The highest BCUT2D eigenvalue weighted by atomic mass is 16.4. The van der Waals surface area contributed by atoms with E-state index in [0.717, 1.165) is 4.90 Å². The molecule has 18 heavy (non-hydrogen) atoms. The number of nitrogens with zero attached hydrogens (tertiary/aromatic N) is 4. The number of urea groups is 1. The number of carboxylic acids is 1. The van der Waals surface area contributed by atoms with Gasteiger partial charge in [0.2, 0.25) is 5.95 Å². The van der Waals surface area contributed by atoms with E-state index in [-0.39, 0.29) is 18.9 Å². The molecule has 1 aromatic rings. The zero-order valence-corrected chi connectivity index (χ0v) is 9.65. The van der Waals surface area contributed by atoms with Crippen LogP contribution in [0.2, 0.25) is 0 Å². The van der Waals surface area contributed by atoms with Crippen LogP contribution >= 0.6 is 0 Å². The first-order valence-corrected chi connectivity index (χ1v) is 5.31. The van der Waals surface area contributed by atoms with Crippen molar-refractivity contribution in [1.82, 2.24) is 19.7 Å². The van der Waals surface area contributed by atoms with E-state index in [0.29, 0.717) is 0 Å². The molecule has 0 saturated carbocycles. The van der Waals surface area contributed by atoms with Gasteiger partial charge in [0.25, 0.3) is 0 Å². The molecule has 2 amide bonds. The molecule has 2 heterocycles. The summed E-state index contributed by atoms with van der Waals surface area (Å²) < 4.78 is 1.35. The zero-order chi connectivity index (χ0) is 13.3. The minimum atomic E-state index is -1.14.